The van der Waals surface area contributed by atoms with Gasteiger partial charge in [0.1, 0.15) is 5.82 Å². The van der Waals surface area contributed by atoms with Crippen molar-refractivity contribution in [2.75, 3.05) is 19.6 Å². The van der Waals surface area contributed by atoms with Crippen LogP contribution < -0.4 is 5.73 Å². The van der Waals surface area contributed by atoms with E-state index in [0.29, 0.717) is 12.0 Å². The van der Waals surface area contributed by atoms with Gasteiger partial charge in [-0.1, -0.05) is 12.1 Å². The van der Waals surface area contributed by atoms with E-state index < -0.39 is 0 Å². The Hall–Kier alpha value is -1.88. The van der Waals surface area contributed by atoms with Gasteiger partial charge in [0, 0.05) is 25.0 Å². The number of fused-ring (bicyclic) bond motifs is 1. The molecule has 1 fully saturated rings. The van der Waals surface area contributed by atoms with Crippen molar-refractivity contribution in [2.24, 2.45) is 5.73 Å². The number of likely N-dealkylation sites (tertiary alicyclic amines) is 1. The maximum Gasteiger partial charge on any atom is 0.236 e. The Kier molecular flexibility index (Phi) is 4.16. The van der Waals surface area contributed by atoms with E-state index in [-0.39, 0.29) is 12.5 Å². The largest absolute Gasteiger partial charge is 0.341 e. The number of carbonyl (C=O) groups excluding carboxylic acids is 1. The van der Waals surface area contributed by atoms with Gasteiger partial charge in [-0.2, -0.15) is 0 Å². The highest BCUT2D eigenvalue weighted by molar-refractivity contribution is 5.78. The SMILES string of the molecule is CC(C)n1c(C2CCCN(C(=O)CN)C2)nc2ccccc21. The lowest BCUT2D eigenvalue weighted by Crippen LogP contribution is -2.42. The van der Waals surface area contributed by atoms with Crippen LogP contribution in [0, 0.1) is 0 Å². The van der Waals surface area contributed by atoms with Gasteiger partial charge in [-0.3, -0.25) is 4.79 Å². The monoisotopic (exact) mass is 300 g/mol. The fourth-order valence-electron chi connectivity index (χ4n) is 3.44. The summed E-state index contributed by atoms with van der Waals surface area (Å²) in [5.74, 6) is 1.43. The van der Waals surface area contributed by atoms with E-state index in [4.69, 9.17) is 10.7 Å². The normalized spacial score (nSPS) is 19.1. The van der Waals surface area contributed by atoms with Crippen LogP contribution in [-0.2, 0) is 4.79 Å². The fraction of sp³-hybridized carbons (Fsp3) is 0.529. The van der Waals surface area contributed by atoms with E-state index in [9.17, 15) is 4.79 Å². The van der Waals surface area contributed by atoms with Gasteiger partial charge in [-0.25, -0.2) is 4.98 Å². The second-order valence-electron chi connectivity index (χ2n) is 6.31. The molecule has 1 aliphatic heterocycles. The van der Waals surface area contributed by atoms with Crippen LogP contribution in [0.4, 0.5) is 0 Å². The second-order valence-corrected chi connectivity index (χ2v) is 6.31. The third-order valence-electron chi connectivity index (χ3n) is 4.45. The molecule has 1 unspecified atom stereocenters. The predicted molar refractivity (Wildman–Crippen MR) is 87.7 cm³/mol. The van der Waals surface area contributed by atoms with Crippen molar-refractivity contribution in [3.05, 3.63) is 30.1 Å². The molecule has 0 spiro atoms. The quantitative estimate of drug-likeness (QED) is 0.946. The summed E-state index contributed by atoms with van der Waals surface area (Å²) in [5, 5.41) is 0. The summed E-state index contributed by atoms with van der Waals surface area (Å²) in [7, 11) is 0. The van der Waals surface area contributed by atoms with E-state index >= 15 is 0 Å². The summed E-state index contributed by atoms with van der Waals surface area (Å²) in [5.41, 5.74) is 7.73. The zero-order valence-electron chi connectivity index (χ0n) is 13.3. The van der Waals surface area contributed by atoms with Crippen LogP contribution in [0.3, 0.4) is 0 Å². The molecule has 2 N–H and O–H groups in total. The Morgan fingerprint density at radius 3 is 2.91 bits per heavy atom. The molecule has 1 saturated heterocycles. The molecule has 2 aromatic rings. The lowest BCUT2D eigenvalue weighted by molar-refractivity contribution is -0.130. The first-order valence-corrected chi connectivity index (χ1v) is 8.06. The molecule has 3 rings (SSSR count). The molecule has 1 aromatic heterocycles. The van der Waals surface area contributed by atoms with E-state index in [2.05, 4.69) is 36.6 Å². The van der Waals surface area contributed by atoms with Gasteiger partial charge >= 0.3 is 0 Å². The molecule has 0 bridgehead atoms. The summed E-state index contributed by atoms with van der Waals surface area (Å²) in [6, 6.07) is 8.61. The minimum atomic E-state index is 0.0388. The Balaban J connectivity index is 1.98. The second kappa shape index (κ2) is 6.08. The Morgan fingerprint density at radius 1 is 1.41 bits per heavy atom. The standard InChI is InChI=1S/C17H24N4O/c1-12(2)21-15-8-4-3-7-14(15)19-17(21)13-6-5-9-20(11-13)16(22)10-18/h3-4,7-8,12-13H,5-6,9-11,18H2,1-2H3. The smallest absolute Gasteiger partial charge is 0.236 e. The minimum Gasteiger partial charge on any atom is -0.341 e. The van der Waals surface area contributed by atoms with Crippen molar-refractivity contribution in [2.45, 2.75) is 38.6 Å². The van der Waals surface area contributed by atoms with Gasteiger partial charge in [-0.15, -0.1) is 0 Å². The number of carbonyl (C=O) groups is 1. The number of amides is 1. The molecule has 1 atom stereocenters. The van der Waals surface area contributed by atoms with E-state index in [1.54, 1.807) is 0 Å². The molecule has 118 valence electrons. The van der Waals surface area contributed by atoms with Crippen LogP contribution in [0.2, 0.25) is 0 Å². The fourth-order valence-corrected chi connectivity index (χ4v) is 3.44. The van der Waals surface area contributed by atoms with Gasteiger partial charge in [0.25, 0.3) is 0 Å². The number of para-hydroxylation sites is 2. The number of aromatic nitrogens is 2. The van der Waals surface area contributed by atoms with Gasteiger partial charge in [0.05, 0.1) is 17.6 Å². The van der Waals surface area contributed by atoms with Crippen molar-refractivity contribution in [1.82, 2.24) is 14.5 Å². The van der Waals surface area contributed by atoms with Crippen molar-refractivity contribution < 1.29 is 4.79 Å². The molecule has 0 radical (unpaired) electrons. The topological polar surface area (TPSA) is 64.2 Å². The number of imidazole rings is 1. The molecular formula is C17H24N4O. The van der Waals surface area contributed by atoms with Crippen molar-refractivity contribution >= 4 is 16.9 Å². The lowest BCUT2D eigenvalue weighted by atomic mass is 9.96. The summed E-state index contributed by atoms with van der Waals surface area (Å²) < 4.78 is 2.32. The summed E-state index contributed by atoms with van der Waals surface area (Å²) in [6.07, 6.45) is 2.09. The molecule has 5 heteroatoms. The number of rotatable bonds is 3. The van der Waals surface area contributed by atoms with Crippen LogP contribution in [0.1, 0.15) is 44.5 Å². The molecule has 0 aliphatic carbocycles. The Labute approximate surface area is 131 Å². The molecule has 1 amide bonds. The van der Waals surface area contributed by atoms with Gasteiger partial charge in [0.2, 0.25) is 5.91 Å². The van der Waals surface area contributed by atoms with Crippen LogP contribution in [0.25, 0.3) is 11.0 Å². The Morgan fingerprint density at radius 2 is 2.18 bits per heavy atom. The number of hydrogen-bond donors (Lipinski definition) is 1. The third-order valence-corrected chi connectivity index (χ3v) is 4.45. The highest BCUT2D eigenvalue weighted by Crippen LogP contribution is 2.31. The molecule has 1 aromatic carbocycles. The molecule has 5 nitrogen and oxygen atoms in total. The molecule has 2 heterocycles. The van der Waals surface area contributed by atoms with Crippen molar-refractivity contribution in [3.8, 4) is 0 Å². The van der Waals surface area contributed by atoms with Gasteiger partial charge < -0.3 is 15.2 Å². The average Bonchev–Trinajstić information content (AvgIpc) is 2.94. The van der Waals surface area contributed by atoms with Gasteiger partial charge in [0.15, 0.2) is 0 Å². The first kappa shape index (κ1) is 15.0. The number of nitrogens with two attached hydrogens (primary N) is 1. The third kappa shape index (κ3) is 2.61. The number of piperidine rings is 1. The number of benzene rings is 1. The highest BCUT2D eigenvalue weighted by Gasteiger charge is 2.28. The van der Waals surface area contributed by atoms with Crippen molar-refractivity contribution in [1.29, 1.82) is 0 Å². The van der Waals surface area contributed by atoms with E-state index in [0.717, 1.165) is 37.3 Å². The Bertz CT molecular complexity index is 676. The number of hydrogen-bond acceptors (Lipinski definition) is 3. The van der Waals surface area contributed by atoms with Crippen LogP contribution in [-0.4, -0.2) is 40.0 Å². The van der Waals surface area contributed by atoms with Crippen LogP contribution in [0.5, 0.6) is 0 Å². The van der Waals surface area contributed by atoms with Crippen molar-refractivity contribution in [3.63, 3.8) is 0 Å². The summed E-state index contributed by atoms with van der Waals surface area (Å²) in [4.78, 5) is 18.7. The zero-order valence-corrected chi connectivity index (χ0v) is 13.3. The first-order valence-electron chi connectivity index (χ1n) is 8.06. The predicted octanol–water partition coefficient (Wildman–Crippen LogP) is 2.28. The average molecular weight is 300 g/mol. The molecular weight excluding hydrogens is 276 g/mol. The van der Waals surface area contributed by atoms with E-state index in [1.165, 1.54) is 5.52 Å². The maximum absolute atomic E-state index is 11.9. The van der Waals surface area contributed by atoms with Gasteiger partial charge in [-0.05, 0) is 38.8 Å². The number of nitrogens with zero attached hydrogens (tertiary/aromatic N) is 3. The first-order chi connectivity index (χ1) is 10.6. The maximum atomic E-state index is 11.9. The molecule has 22 heavy (non-hydrogen) atoms. The zero-order chi connectivity index (χ0) is 15.7. The van der Waals surface area contributed by atoms with Crippen LogP contribution >= 0.6 is 0 Å². The summed E-state index contributed by atoms with van der Waals surface area (Å²) in [6.45, 7) is 6.00. The van der Waals surface area contributed by atoms with E-state index in [1.807, 2.05) is 11.0 Å². The lowest BCUT2D eigenvalue weighted by Gasteiger charge is -2.33. The summed E-state index contributed by atoms with van der Waals surface area (Å²) >= 11 is 0. The minimum absolute atomic E-state index is 0.0388. The highest BCUT2D eigenvalue weighted by atomic mass is 16.2. The molecule has 1 aliphatic rings. The van der Waals surface area contributed by atoms with Crippen LogP contribution in [0.15, 0.2) is 24.3 Å². The molecule has 0 saturated carbocycles.